The molecular weight excluding hydrogens is 430 g/mol. The minimum atomic E-state index is -0.123. The van der Waals surface area contributed by atoms with Gasteiger partial charge in [-0.25, -0.2) is 0 Å². The van der Waals surface area contributed by atoms with Gasteiger partial charge < -0.3 is 5.32 Å². The normalized spacial score (nSPS) is 19.5. The van der Waals surface area contributed by atoms with Crippen LogP contribution in [0.4, 0.5) is 0 Å². The molecule has 1 aliphatic carbocycles. The molecule has 1 fully saturated rings. The van der Waals surface area contributed by atoms with E-state index in [0.717, 1.165) is 0 Å². The molecule has 174 valence electrons. The number of amides is 1. The van der Waals surface area contributed by atoms with E-state index >= 15 is 0 Å². The van der Waals surface area contributed by atoms with Crippen molar-refractivity contribution < 1.29 is 9.59 Å². The highest BCUT2D eigenvalue weighted by atomic mass is 16.1. The van der Waals surface area contributed by atoms with Gasteiger partial charge in [-0.15, -0.1) is 0 Å². The molecule has 1 amide bonds. The van der Waals surface area contributed by atoms with Crippen molar-refractivity contribution in [2.75, 3.05) is 6.54 Å². The van der Waals surface area contributed by atoms with Gasteiger partial charge in [0.15, 0.2) is 5.78 Å². The number of benzene rings is 4. The first-order chi connectivity index (χ1) is 17.1. The van der Waals surface area contributed by atoms with Crippen LogP contribution in [0.2, 0.25) is 0 Å². The van der Waals surface area contributed by atoms with E-state index in [1.54, 1.807) is 24.3 Å². The Balaban J connectivity index is 1.28. The quantitative estimate of drug-likeness (QED) is 0.302. The average molecular weight is 460 g/mol. The predicted octanol–water partition coefficient (Wildman–Crippen LogP) is 6.60. The molecule has 3 heteroatoms. The second kappa shape index (κ2) is 10.1. The fourth-order valence-electron chi connectivity index (χ4n) is 5.04. The molecule has 0 bridgehead atoms. The molecule has 0 radical (unpaired) electrons. The summed E-state index contributed by atoms with van der Waals surface area (Å²) in [6, 6.07) is 37.8. The predicted molar refractivity (Wildman–Crippen MR) is 140 cm³/mol. The number of nitrogens with one attached hydrogen (secondary N) is 1. The Labute approximate surface area is 206 Å². The standard InChI is InChI=1S/C32H29NO2/c1-22(23-11-5-2-6-12-23)21-33-32(35)27-19-17-26(18-20-27)31(34)30-28(24-13-7-3-8-14-24)29(30)25-15-9-4-10-16-25/h2-20,22,28-30H,21H2,1H3,(H,33,35)/t22-,28-,29+,30?/m0/s1. The number of ketones is 1. The summed E-state index contributed by atoms with van der Waals surface area (Å²) in [4.78, 5) is 26.2. The summed E-state index contributed by atoms with van der Waals surface area (Å²) >= 11 is 0. The smallest absolute Gasteiger partial charge is 0.251 e. The van der Waals surface area contributed by atoms with Gasteiger partial charge in [0.25, 0.3) is 5.91 Å². The van der Waals surface area contributed by atoms with Gasteiger partial charge in [-0.3, -0.25) is 9.59 Å². The molecule has 1 aliphatic rings. The lowest BCUT2D eigenvalue weighted by Gasteiger charge is -2.13. The van der Waals surface area contributed by atoms with E-state index < -0.39 is 0 Å². The zero-order valence-corrected chi connectivity index (χ0v) is 19.8. The van der Waals surface area contributed by atoms with Gasteiger partial charge in [0.1, 0.15) is 0 Å². The van der Waals surface area contributed by atoms with Crippen molar-refractivity contribution in [1.82, 2.24) is 5.32 Å². The van der Waals surface area contributed by atoms with Crippen LogP contribution in [-0.4, -0.2) is 18.2 Å². The van der Waals surface area contributed by atoms with Crippen LogP contribution in [-0.2, 0) is 0 Å². The Kier molecular flexibility index (Phi) is 6.58. The molecule has 0 aliphatic heterocycles. The highest BCUT2D eigenvalue weighted by Crippen LogP contribution is 2.61. The summed E-state index contributed by atoms with van der Waals surface area (Å²) in [6.45, 7) is 2.66. The largest absolute Gasteiger partial charge is 0.351 e. The van der Waals surface area contributed by atoms with Gasteiger partial charge in [-0.2, -0.15) is 0 Å². The zero-order chi connectivity index (χ0) is 24.2. The number of carbonyl (C=O) groups excluding carboxylic acids is 2. The van der Waals surface area contributed by atoms with Crippen LogP contribution in [0.5, 0.6) is 0 Å². The molecular formula is C32H29NO2. The fraction of sp³-hybridized carbons (Fsp3) is 0.188. The van der Waals surface area contributed by atoms with Crippen LogP contribution in [0.25, 0.3) is 0 Å². The van der Waals surface area contributed by atoms with Gasteiger partial charge in [0.2, 0.25) is 0 Å². The Bertz CT molecular complexity index is 1240. The Morgan fingerprint density at radius 2 is 1.11 bits per heavy atom. The minimum Gasteiger partial charge on any atom is -0.351 e. The van der Waals surface area contributed by atoms with E-state index in [2.05, 4.69) is 48.6 Å². The Morgan fingerprint density at radius 3 is 1.63 bits per heavy atom. The lowest BCUT2D eigenvalue weighted by atomic mass is 10.00. The molecule has 1 unspecified atom stereocenters. The summed E-state index contributed by atoms with van der Waals surface area (Å²) in [7, 11) is 0. The fourth-order valence-corrected chi connectivity index (χ4v) is 5.04. The molecule has 4 aromatic carbocycles. The molecule has 0 spiro atoms. The molecule has 4 aromatic rings. The summed E-state index contributed by atoms with van der Waals surface area (Å²) in [5.41, 5.74) is 4.81. The number of Topliss-reactive ketones (excluding diaryl/α,β-unsaturated/α-hetero) is 1. The first-order valence-corrected chi connectivity index (χ1v) is 12.2. The maximum absolute atomic E-state index is 13.5. The van der Waals surface area contributed by atoms with Crippen molar-refractivity contribution in [3.05, 3.63) is 143 Å². The summed E-state index contributed by atoms with van der Waals surface area (Å²) in [5, 5.41) is 3.01. The maximum atomic E-state index is 13.5. The Hall–Kier alpha value is -3.98. The van der Waals surface area contributed by atoms with Crippen molar-refractivity contribution in [3.63, 3.8) is 0 Å². The lowest BCUT2D eigenvalue weighted by Crippen LogP contribution is -2.27. The molecule has 5 rings (SSSR count). The average Bonchev–Trinajstić information content (AvgIpc) is 3.68. The number of hydrogen-bond donors (Lipinski definition) is 1. The van der Waals surface area contributed by atoms with E-state index in [4.69, 9.17) is 0 Å². The van der Waals surface area contributed by atoms with E-state index in [9.17, 15) is 9.59 Å². The molecule has 1 N–H and O–H groups in total. The molecule has 0 aromatic heterocycles. The van der Waals surface area contributed by atoms with Crippen molar-refractivity contribution in [2.24, 2.45) is 5.92 Å². The van der Waals surface area contributed by atoms with E-state index in [1.165, 1.54) is 16.7 Å². The third kappa shape index (κ3) is 4.95. The second-order valence-electron chi connectivity index (χ2n) is 9.36. The highest BCUT2D eigenvalue weighted by Gasteiger charge is 2.55. The first kappa shape index (κ1) is 22.8. The summed E-state index contributed by atoms with van der Waals surface area (Å²) in [6.07, 6.45) is 0. The van der Waals surface area contributed by atoms with E-state index in [0.29, 0.717) is 17.7 Å². The van der Waals surface area contributed by atoms with Crippen LogP contribution < -0.4 is 5.32 Å². The maximum Gasteiger partial charge on any atom is 0.251 e. The van der Waals surface area contributed by atoms with Crippen LogP contribution in [0, 0.1) is 5.92 Å². The minimum absolute atomic E-state index is 0.0915. The van der Waals surface area contributed by atoms with Gasteiger partial charge in [0, 0.05) is 35.4 Å². The summed E-state index contributed by atoms with van der Waals surface area (Å²) in [5.74, 6) is 0.494. The van der Waals surface area contributed by atoms with Gasteiger partial charge >= 0.3 is 0 Å². The van der Waals surface area contributed by atoms with Gasteiger partial charge in [-0.1, -0.05) is 110 Å². The molecule has 0 saturated heterocycles. The summed E-state index contributed by atoms with van der Waals surface area (Å²) < 4.78 is 0. The van der Waals surface area contributed by atoms with Crippen molar-refractivity contribution >= 4 is 11.7 Å². The van der Waals surface area contributed by atoms with Crippen molar-refractivity contribution in [3.8, 4) is 0 Å². The molecule has 4 atom stereocenters. The van der Waals surface area contributed by atoms with Crippen LogP contribution in [0.1, 0.15) is 62.1 Å². The third-order valence-corrected chi connectivity index (χ3v) is 7.06. The highest BCUT2D eigenvalue weighted by molar-refractivity contribution is 6.02. The van der Waals surface area contributed by atoms with E-state index in [1.807, 2.05) is 54.6 Å². The van der Waals surface area contributed by atoms with Crippen LogP contribution in [0.15, 0.2) is 115 Å². The number of carbonyl (C=O) groups is 2. The van der Waals surface area contributed by atoms with Crippen LogP contribution in [0.3, 0.4) is 0 Å². The molecule has 35 heavy (non-hydrogen) atoms. The Morgan fingerprint density at radius 1 is 0.657 bits per heavy atom. The van der Waals surface area contributed by atoms with Crippen molar-refractivity contribution in [1.29, 1.82) is 0 Å². The first-order valence-electron chi connectivity index (χ1n) is 12.2. The van der Waals surface area contributed by atoms with E-state index in [-0.39, 0.29) is 35.4 Å². The molecule has 3 nitrogen and oxygen atoms in total. The monoisotopic (exact) mass is 459 g/mol. The number of hydrogen-bond acceptors (Lipinski definition) is 2. The van der Waals surface area contributed by atoms with Crippen molar-refractivity contribution in [2.45, 2.75) is 24.7 Å². The third-order valence-electron chi connectivity index (χ3n) is 7.06. The zero-order valence-electron chi connectivity index (χ0n) is 19.8. The second-order valence-corrected chi connectivity index (χ2v) is 9.36. The van der Waals surface area contributed by atoms with Gasteiger partial charge in [-0.05, 0) is 34.7 Å². The molecule has 0 heterocycles. The lowest BCUT2D eigenvalue weighted by molar-refractivity contribution is 0.0944. The SMILES string of the molecule is C[C@@H](CNC(=O)c1ccc(C(=O)C2[C@@H](c3ccccc3)[C@H]2c2ccccc2)cc1)c1ccccc1. The topological polar surface area (TPSA) is 46.2 Å². The molecule has 1 saturated carbocycles. The number of rotatable bonds is 8. The van der Waals surface area contributed by atoms with Crippen LogP contribution >= 0.6 is 0 Å². The van der Waals surface area contributed by atoms with Gasteiger partial charge in [0.05, 0.1) is 0 Å².